The summed E-state index contributed by atoms with van der Waals surface area (Å²) in [6, 6.07) is 142. The van der Waals surface area contributed by atoms with Crippen molar-refractivity contribution in [1.29, 1.82) is 0 Å². The Morgan fingerprint density at radius 2 is 0.456 bits per heavy atom. The van der Waals surface area contributed by atoms with Crippen LogP contribution in [0.5, 0.6) is 0 Å². The molecule has 0 radical (unpaired) electrons. The Hall–Kier alpha value is -15.5. The van der Waals surface area contributed by atoms with Crippen molar-refractivity contribution in [1.82, 2.24) is 44.0 Å². The maximum atomic E-state index is 5.38. The number of hydrogen-bond acceptors (Lipinski definition) is 7. The number of para-hydroxylation sites is 4. The molecule has 114 heavy (non-hydrogen) atoms. The van der Waals surface area contributed by atoms with E-state index in [4.69, 9.17) is 34.9 Å². The number of pyridine rings is 2. The van der Waals surface area contributed by atoms with E-state index in [0.717, 1.165) is 144 Å². The molecule has 6 heterocycles. The Morgan fingerprint density at radius 1 is 0.175 bits per heavy atom. The maximum Gasteiger partial charge on any atom is 0.164 e. The number of nitrogens with zero attached hydrogens (tertiary/aromatic N) is 9. The van der Waals surface area contributed by atoms with Crippen molar-refractivity contribution < 1.29 is 0 Å². The van der Waals surface area contributed by atoms with Gasteiger partial charge in [-0.2, -0.15) is 0 Å². The van der Waals surface area contributed by atoms with E-state index in [1.54, 1.807) is 0 Å². The van der Waals surface area contributed by atoms with Gasteiger partial charge in [0.2, 0.25) is 0 Å². The van der Waals surface area contributed by atoms with Gasteiger partial charge in [0.05, 0.1) is 55.9 Å². The molecule has 0 unspecified atom stereocenters. The molecule has 0 aliphatic carbocycles. The molecule has 6 aromatic heterocycles. The van der Waals surface area contributed by atoms with Crippen LogP contribution in [0.2, 0.25) is 0 Å². The van der Waals surface area contributed by atoms with Crippen molar-refractivity contribution in [2.24, 2.45) is 0 Å². The van der Waals surface area contributed by atoms with E-state index in [0.29, 0.717) is 23.3 Å². The summed E-state index contributed by atoms with van der Waals surface area (Å²) in [5, 5.41) is 11.7. The fraction of sp³-hybridized carbons (Fsp3) is 0. The minimum Gasteiger partial charge on any atom is -0.308 e. The van der Waals surface area contributed by atoms with Crippen molar-refractivity contribution in [2.45, 2.75) is 0 Å². The Kier molecular flexibility index (Phi) is 16.7. The van der Waals surface area contributed by atoms with Crippen LogP contribution < -0.4 is 0 Å². The van der Waals surface area contributed by atoms with Crippen LogP contribution in [0, 0.1) is 0 Å². The van der Waals surface area contributed by atoms with Crippen molar-refractivity contribution in [3.8, 4) is 124 Å². The summed E-state index contributed by atoms with van der Waals surface area (Å²) in [5.74, 6) is 2.56. The molecule has 0 amide bonds. The molecule has 0 saturated heterocycles. The molecule has 0 aliphatic heterocycles. The van der Waals surface area contributed by atoms with E-state index < -0.39 is 0 Å². The number of fused-ring (bicyclic) bond motifs is 12. The minimum atomic E-state index is 0.613. The predicted octanol–water partition coefficient (Wildman–Crippen LogP) is 26.6. The van der Waals surface area contributed by atoms with Gasteiger partial charge in [-0.05, 0) is 98.4 Å². The average molecular weight is 1450 g/mol. The van der Waals surface area contributed by atoms with E-state index in [-0.39, 0.29) is 0 Å². The lowest BCUT2D eigenvalue weighted by molar-refractivity contribution is 1.07. The van der Waals surface area contributed by atoms with Crippen molar-refractivity contribution in [2.75, 3.05) is 0 Å². The Labute approximate surface area is 657 Å². The lowest BCUT2D eigenvalue weighted by Gasteiger charge is -2.13. The van der Waals surface area contributed by atoms with Gasteiger partial charge in [0.25, 0.3) is 0 Å². The molecule has 9 nitrogen and oxygen atoms in total. The van der Waals surface area contributed by atoms with Crippen LogP contribution in [-0.4, -0.2) is 44.0 Å². The molecule has 22 rings (SSSR count). The first-order chi connectivity index (χ1) is 56.5. The van der Waals surface area contributed by atoms with Gasteiger partial charge in [-0.25, -0.2) is 34.9 Å². The van der Waals surface area contributed by atoms with Gasteiger partial charge >= 0.3 is 0 Å². The van der Waals surface area contributed by atoms with Gasteiger partial charge < -0.3 is 9.13 Å². The molecular weight excluding hydrogens is 1390 g/mol. The van der Waals surface area contributed by atoms with Gasteiger partial charge in [0.15, 0.2) is 23.3 Å². The molecule has 22 aromatic rings. The summed E-state index contributed by atoms with van der Waals surface area (Å²) in [5.41, 5.74) is 24.9. The quantitative estimate of drug-likeness (QED) is 0.120. The van der Waals surface area contributed by atoms with E-state index in [1.807, 2.05) is 60.7 Å². The highest BCUT2D eigenvalue weighted by Gasteiger charge is 2.25. The fourth-order valence-electron chi connectivity index (χ4n) is 16.2. The molecule has 16 aromatic carbocycles. The Balaban J connectivity index is 0.000000143. The largest absolute Gasteiger partial charge is 0.308 e. The highest BCUT2D eigenvalue weighted by atomic mass is 15.0. The first kappa shape index (κ1) is 66.7. The smallest absolute Gasteiger partial charge is 0.164 e. The van der Waals surface area contributed by atoms with Crippen LogP contribution in [0.1, 0.15) is 0 Å². The molecule has 0 N–H and O–H groups in total. The van der Waals surface area contributed by atoms with Crippen LogP contribution in [-0.2, 0) is 0 Å². The second-order valence-corrected chi connectivity index (χ2v) is 28.7. The van der Waals surface area contributed by atoms with E-state index in [2.05, 4.69) is 355 Å². The molecule has 0 aliphatic rings. The van der Waals surface area contributed by atoms with E-state index in [9.17, 15) is 0 Å². The topological polar surface area (TPSA) is 100 Å². The molecule has 0 bridgehead atoms. The van der Waals surface area contributed by atoms with Crippen molar-refractivity contribution in [3.05, 3.63) is 406 Å². The molecule has 0 atom stereocenters. The average Bonchev–Trinajstić information content (AvgIpc) is 1.56. The fourth-order valence-corrected chi connectivity index (χ4v) is 16.2. The number of aromatic nitrogens is 9. The lowest BCUT2D eigenvalue weighted by Crippen LogP contribution is -2.00. The Bertz CT molecular complexity index is 6970. The minimum absolute atomic E-state index is 0.613. The maximum absolute atomic E-state index is 5.38. The number of benzene rings is 16. The van der Waals surface area contributed by atoms with Crippen LogP contribution in [0.4, 0.5) is 0 Å². The zero-order chi connectivity index (χ0) is 75.4. The predicted molar refractivity (Wildman–Crippen MR) is 471 cm³/mol. The third-order valence-electron chi connectivity index (χ3n) is 21.8. The molecule has 532 valence electrons. The van der Waals surface area contributed by atoms with Gasteiger partial charge in [0, 0.05) is 88.2 Å². The third-order valence-corrected chi connectivity index (χ3v) is 21.8. The van der Waals surface area contributed by atoms with Crippen LogP contribution in [0.25, 0.3) is 211 Å². The molecular formula is C105H67N9. The Morgan fingerprint density at radius 3 is 0.851 bits per heavy atom. The SMILES string of the molecule is c1ccc(-c2ccc(-c3cc(-c4ccc(-c5nc6ccccc6c6c5c5ccccc5n6-c5ccc6ccccc6c5)cc4)nc(-c4ccccc4)n3)cc2)cc1.c1ccc(-c2ccc(-c3nc(-c4ccccc4)nc(-c4ccc(-c5nc6ccccc6c6c5c5ccccc5n6-c5ccc6ccccc6c5)cc4)n3)cc2)cc1. The number of hydrogen-bond donors (Lipinski definition) is 0. The molecule has 0 saturated carbocycles. The second-order valence-electron chi connectivity index (χ2n) is 28.7. The second kappa shape index (κ2) is 28.5. The molecule has 0 spiro atoms. The van der Waals surface area contributed by atoms with Gasteiger partial charge in [-0.1, -0.05) is 352 Å². The van der Waals surface area contributed by atoms with E-state index in [1.165, 1.54) is 43.6 Å². The molecule has 9 heteroatoms. The summed E-state index contributed by atoms with van der Waals surface area (Å²) in [6.07, 6.45) is 0. The van der Waals surface area contributed by atoms with Crippen molar-refractivity contribution in [3.63, 3.8) is 0 Å². The monoisotopic (exact) mass is 1450 g/mol. The summed E-state index contributed by atoms with van der Waals surface area (Å²) in [4.78, 5) is 36.0. The normalized spacial score (nSPS) is 11.5. The summed E-state index contributed by atoms with van der Waals surface area (Å²) in [7, 11) is 0. The van der Waals surface area contributed by atoms with Crippen LogP contribution >= 0.6 is 0 Å². The summed E-state index contributed by atoms with van der Waals surface area (Å²) < 4.78 is 4.82. The van der Waals surface area contributed by atoms with Gasteiger partial charge in [0.1, 0.15) is 0 Å². The number of rotatable bonds is 12. The highest BCUT2D eigenvalue weighted by molar-refractivity contribution is 6.24. The zero-order valence-electron chi connectivity index (χ0n) is 61.7. The first-order valence-corrected chi connectivity index (χ1v) is 38.4. The van der Waals surface area contributed by atoms with Crippen molar-refractivity contribution >= 4 is 87.0 Å². The summed E-state index contributed by atoms with van der Waals surface area (Å²) in [6.45, 7) is 0. The molecule has 0 fully saturated rings. The lowest BCUT2D eigenvalue weighted by atomic mass is 9.99. The van der Waals surface area contributed by atoms with E-state index >= 15 is 0 Å². The van der Waals surface area contributed by atoms with Crippen LogP contribution in [0.15, 0.2) is 406 Å². The zero-order valence-corrected chi connectivity index (χ0v) is 61.7. The summed E-state index contributed by atoms with van der Waals surface area (Å²) >= 11 is 0. The standard InChI is InChI=1S/C53H34N4.C52H33N5/c1-3-13-35(14-4-1)37-23-25-38(26-24-37)47-34-48(56-53(55-47)41-16-5-2-6-17-41)39-27-29-40(30-28-39)51-50-45-20-10-12-22-49(45)57(52(50)44-19-9-11-21-46(44)54-51)43-32-31-36-15-7-8-18-42(36)33-43;1-3-13-34(14-4-1)36-23-27-39(28-24-36)51-54-50(38-16-5-2-6-17-38)55-52(56-51)40-29-25-37(26-30-40)48-47-44-20-10-12-22-46(44)57(49(47)43-19-9-11-21-45(43)53-48)42-32-31-35-15-7-8-18-41(35)33-42/h1-34H;1-33H. The highest BCUT2D eigenvalue weighted by Crippen LogP contribution is 2.45. The van der Waals surface area contributed by atoms with Gasteiger partial charge in [-0.15, -0.1) is 0 Å². The van der Waals surface area contributed by atoms with Crippen LogP contribution in [0.3, 0.4) is 0 Å². The first-order valence-electron chi connectivity index (χ1n) is 38.4. The third kappa shape index (κ3) is 12.2. The van der Waals surface area contributed by atoms with Gasteiger partial charge in [-0.3, -0.25) is 0 Å².